The number of nitrogens with zero attached hydrogens (tertiary/aromatic N) is 3. The lowest BCUT2D eigenvalue weighted by Gasteiger charge is -2.20. The standard InChI is InChI=1S/C27H32N6O4/c1-17(2)12-23-27(36)29-15-22-16-33(32-31-22)10-11-37-24-13-21(7-4-18(24)3)25(34)28-14-19-5-8-20(9-6-19)26(35)30-23/h4-9,13,16-17,23H,10-12,14-15H2,1-3H3,(H,28,34)(H,29,36)(H,30,35)/t23-/m1/s1. The second kappa shape index (κ2) is 11.7. The lowest BCUT2D eigenvalue weighted by molar-refractivity contribution is -0.123. The van der Waals surface area contributed by atoms with Crippen molar-refractivity contribution < 1.29 is 19.1 Å². The Balaban J connectivity index is 1.57. The Hall–Kier alpha value is -4.21. The molecule has 1 aromatic heterocycles. The van der Waals surface area contributed by atoms with E-state index in [1.165, 1.54) is 0 Å². The molecule has 2 aliphatic rings. The van der Waals surface area contributed by atoms with E-state index in [4.69, 9.17) is 4.74 Å². The van der Waals surface area contributed by atoms with Gasteiger partial charge in [0.15, 0.2) is 0 Å². The second-order valence-corrected chi connectivity index (χ2v) is 9.55. The molecule has 10 nitrogen and oxygen atoms in total. The van der Waals surface area contributed by atoms with Crippen molar-refractivity contribution in [3.05, 3.63) is 76.6 Å². The van der Waals surface area contributed by atoms with Crippen LogP contribution < -0.4 is 20.7 Å². The van der Waals surface area contributed by atoms with Gasteiger partial charge in [-0.3, -0.25) is 14.4 Å². The largest absolute Gasteiger partial charge is 0.491 e. The SMILES string of the molecule is Cc1ccc2cc1OCCn1cc(nn1)CNC(=O)[C@@H](CC(C)C)NC(=O)c1ccc(cc1)CNC2=O. The fraction of sp³-hybridized carbons (Fsp3) is 0.370. The van der Waals surface area contributed by atoms with Gasteiger partial charge in [-0.05, 0) is 54.7 Å². The molecule has 3 aromatic rings. The molecule has 2 aliphatic heterocycles. The van der Waals surface area contributed by atoms with E-state index in [2.05, 4.69) is 26.3 Å². The minimum Gasteiger partial charge on any atom is -0.491 e. The molecule has 6 bridgehead atoms. The molecule has 2 aromatic carbocycles. The van der Waals surface area contributed by atoms with Crippen LogP contribution in [-0.2, 0) is 24.4 Å². The van der Waals surface area contributed by atoms with Gasteiger partial charge < -0.3 is 20.7 Å². The predicted octanol–water partition coefficient (Wildman–Crippen LogP) is 2.37. The van der Waals surface area contributed by atoms with E-state index in [9.17, 15) is 14.4 Å². The Kier molecular flexibility index (Phi) is 8.17. The number of aryl methyl sites for hydroxylation is 1. The monoisotopic (exact) mass is 504 g/mol. The molecule has 3 heterocycles. The van der Waals surface area contributed by atoms with Crippen molar-refractivity contribution in [1.29, 1.82) is 0 Å². The number of hydrogen-bond acceptors (Lipinski definition) is 6. The zero-order valence-corrected chi connectivity index (χ0v) is 21.3. The van der Waals surface area contributed by atoms with E-state index in [-0.39, 0.29) is 30.2 Å². The number of hydrogen-bond donors (Lipinski definition) is 3. The summed E-state index contributed by atoms with van der Waals surface area (Å²) in [4.78, 5) is 38.6. The van der Waals surface area contributed by atoms with Crippen LogP contribution in [0.2, 0.25) is 0 Å². The lowest BCUT2D eigenvalue weighted by atomic mass is 10.0. The number of benzene rings is 2. The van der Waals surface area contributed by atoms with Crippen molar-refractivity contribution in [2.24, 2.45) is 5.92 Å². The van der Waals surface area contributed by atoms with Gasteiger partial charge in [-0.2, -0.15) is 0 Å². The first-order chi connectivity index (χ1) is 17.8. The molecule has 0 saturated heterocycles. The quantitative estimate of drug-likeness (QED) is 0.492. The maximum atomic E-state index is 12.9. The Morgan fingerprint density at radius 2 is 1.76 bits per heavy atom. The molecule has 0 fully saturated rings. The molecule has 0 spiro atoms. The summed E-state index contributed by atoms with van der Waals surface area (Å²) < 4.78 is 7.56. The molecule has 0 radical (unpaired) electrons. The third-order valence-electron chi connectivity index (χ3n) is 6.06. The van der Waals surface area contributed by atoms with E-state index in [0.29, 0.717) is 48.7 Å². The smallest absolute Gasteiger partial charge is 0.251 e. The first-order valence-electron chi connectivity index (χ1n) is 12.4. The highest BCUT2D eigenvalue weighted by Crippen LogP contribution is 2.20. The number of carbonyl (C=O) groups excluding carboxylic acids is 3. The van der Waals surface area contributed by atoms with Gasteiger partial charge in [0, 0.05) is 17.7 Å². The molecule has 0 unspecified atom stereocenters. The van der Waals surface area contributed by atoms with Gasteiger partial charge in [0.2, 0.25) is 5.91 Å². The van der Waals surface area contributed by atoms with Crippen LogP contribution in [0.15, 0.2) is 48.7 Å². The summed E-state index contributed by atoms with van der Waals surface area (Å²) in [5.41, 5.74) is 3.28. The van der Waals surface area contributed by atoms with Gasteiger partial charge in [-0.25, -0.2) is 4.68 Å². The van der Waals surface area contributed by atoms with E-state index < -0.39 is 6.04 Å². The highest BCUT2D eigenvalue weighted by atomic mass is 16.5. The number of aromatic nitrogens is 3. The molecule has 3 amide bonds. The van der Waals surface area contributed by atoms with E-state index >= 15 is 0 Å². The average Bonchev–Trinajstić information content (AvgIpc) is 3.33. The number of ether oxygens (including phenoxy) is 1. The van der Waals surface area contributed by atoms with E-state index in [1.807, 2.05) is 26.8 Å². The summed E-state index contributed by atoms with van der Waals surface area (Å²) in [6, 6.07) is 11.6. The number of carbonyl (C=O) groups is 3. The summed E-state index contributed by atoms with van der Waals surface area (Å²) in [7, 11) is 0. The normalized spacial score (nSPS) is 17.2. The maximum absolute atomic E-state index is 12.9. The van der Waals surface area contributed by atoms with Gasteiger partial charge in [-0.15, -0.1) is 5.10 Å². The van der Waals surface area contributed by atoms with Gasteiger partial charge in [0.05, 0.1) is 19.3 Å². The van der Waals surface area contributed by atoms with Gasteiger partial charge in [0.1, 0.15) is 24.1 Å². The molecule has 37 heavy (non-hydrogen) atoms. The van der Waals surface area contributed by atoms with Crippen LogP contribution in [0, 0.1) is 12.8 Å². The number of rotatable bonds is 2. The first kappa shape index (κ1) is 25.9. The minimum atomic E-state index is -0.690. The number of amides is 3. The number of nitrogens with one attached hydrogen (secondary N) is 3. The highest BCUT2D eigenvalue weighted by molar-refractivity contribution is 5.97. The molecule has 194 valence electrons. The topological polar surface area (TPSA) is 127 Å². The Morgan fingerprint density at radius 3 is 2.51 bits per heavy atom. The summed E-state index contributed by atoms with van der Waals surface area (Å²) >= 11 is 0. The van der Waals surface area contributed by atoms with Crippen LogP contribution in [0.4, 0.5) is 0 Å². The van der Waals surface area contributed by atoms with Gasteiger partial charge >= 0.3 is 0 Å². The summed E-state index contributed by atoms with van der Waals surface area (Å²) in [6.45, 7) is 7.17. The van der Waals surface area contributed by atoms with Gasteiger partial charge in [0.25, 0.3) is 11.8 Å². The van der Waals surface area contributed by atoms with Crippen molar-refractivity contribution in [2.75, 3.05) is 6.61 Å². The van der Waals surface area contributed by atoms with Crippen molar-refractivity contribution in [3.8, 4) is 5.75 Å². The Labute approximate surface area is 215 Å². The van der Waals surface area contributed by atoms with Crippen LogP contribution in [-0.4, -0.2) is 45.4 Å². The van der Waals surface area contributed by atoms with Crippen LogP contribution >= 0.6 is 0 Å². The zero-order valence-electron chi connectivity index (χ0n) is 21.3. The minimum absolute atomic E-state index is 0.190. The molecular formula is C27H32N6O4. The highest BCUT2D eigenvalue weighted by Gasteiger charge is 2.23. The molecule has 0 aliphatic carbocycles. The van der Waals surface area contributed by atoms with Crippen LogP contribution in [0.25, 0.3) is 0 Å². The maximum Gasteiger partial charge on any atom is 0.251 e. The summed E-state index contributed by atoms with van der Waals surface area (Å²) in [5.74, 6) is -0.0238. The fourth-order valence-electron chi connectivity index (χ4n) is 3.98. The fourth-order valence-corrected chi connectivity index (χ4v) is 3.98. The molecule has 3 N–H and O–H groups in total. The van der Waals surface area contributed by atoms with Crippen molar-refractivity contribution in [2.45, 2.75) is 52.9 Å². The van der Waals surface area contributed by atoms with Crippen LogP contribution in [0.3, 0.4) is 0 Å². The van der Waals surface area contributed by atoms with Gasteiger partial charge in [-0.1, -0.05) is 37.3 Å². The Morgan fingerprint density at radius 1 is 1.00 bits per heavy atom. The summed E-state index contributed by atoms with van der Waals surface area (Å²) in [5, 5.41) is 16.8. The van der Waals surface area contributed by atoms with E-state index in [0.717, 1.165) is 11.1 Å². The predicted molar refractivity (Wildman–Crippen MR) is 137 cm³/mol. The molecule has 0 saturated carbocycles. The van der Waals surface area contributed by atoms with Crippen molar-refractivity contribution in [1.82, 2.24) is 30.9 Å². The third kappa shape index (κ3) is 6.93. The summed E-state index contributed by atoms with van der Waals surface area (Å²) in [6.07, 6.45) is 2.23. The first-order valence-corrected chi connectivity index (χ1v) is 12.4. The Bertz CT molecular complexity index is 1270. The van der Waals surface area contributed by atoms with E-state index in [1.54, 1.807) is 47.3 Å². The second-order valence-electron chi connectivity index (χ2n) is 9.55. The molecule has 1 atom stereocenters. The molecular weight excluding hydrogens is 472 g/mol. The lowest BCUT2D eigenvalue weighted by Crippen LogP contribution is -2.47. The van der Waals surface area contributed by atoms with Crippen molar-refractivity contribution >= 4 is 17.7 Å². The molecule has 10 heteroatoms. The van der Waals surface area contributed by atoms with Crippen LogP contribution in [0.5, 0.6) is 5.75 Å². The van der Waals surface area contributed by atoms with Crippen molar-refractivity contribution in [3.63, 3.8) is 0 Å². The average molecular weight is 505 g/mol. The number of fused-ring (bicyclic) bond motifs is 11. The third-order valence-corrected chi connectivity index (χ3v) is 6.06. The van der Waals surface area contributed by atoms with Crippen LogP contribution in [0.1, 0.15) is 57.8 Å². The zero-order chi connectivity index (χ0) is 26.4. The molecule has 5 rings (SSSR count).